The molecule has 0 spiro atoms. The zero-order chi connectivity index (χ0) is 24.5. The first kappa shape index (κ1) is 23.0. The normalized spacial score (nSPS) is 11.5. The Morgan fingerprint density at radius 3 is 2.50 bits per heavy atom. The van der Waals surface area contributed by atoms with E-state index in [1.165, 1.54) is 43.7 Å². The van der Waals surface area contributed by atoms with Gasteiger partial charge in [0.2, 0.25) is 0 Å². The Labute approximate surface area is 191 Å². The van der Waals surface area contributed by atoms with E-state index in [1.807, 2.05) is 0 Å². The van der Waals surface area contributed by atoms with Gasteiger partial charge in [0.25, 0.3) is 0 Å². The molecule has 0 aliphatic rings. The fourth-order valence-corrected chi connectivity index (χ4v) is 3.32. The second-order valence-corrected chi connectivity index (χ2v) is 7.45. The number of aromatic nitrogens is 5. The van der Waals surface area contributed by atoms with E-state index in [0.717, 1.165) is 6.20 Å². The van der Waals surface area contributed by atoms with E-state index in [-0.39, 0.29) is 34.5 Å². The number of ketones is 1. The number of carbonyl (C=O) groups is 1. The minimum atomic E-state index is -4.90. The molecule has 3 heterocycles. The smallest absolute Gasteiger partial charge is 0.405 e. The summed E-state index contributed by atoms with van der Waals surface area (Å²) in [6.07, 6.45) is 3.03. The van der Waals surface area contributed by atoms with Gasteiger partial charge in [-0.05, 0) is 30.2 Å². The van der Waals surface area contributed by atoms with Crippen LogP contribution in [0.15, 0.2) is 55.4 Å². The van der Waals surface area contributed by atoms with Crippen molar-refractivity contribution in [3.8, 4) is 28.1 Å². The number of hydrogen-bond acceptors (Lipinski definition) is 6. The summed E-state index contributed by atoms with van der Waals surface area (Å²) in [7, 11) is 1.72. The summed E-state index contributed by atoms with van der Waals surface area (Å²) in [5.74, 6) is -1.45. The Morgan fingerprint density at radius 1 is 1.06 bits per heavy atom. The first-order valence-electron chi connectivity index (χ1n) is 9.94. The van der Waals surface area contributed by atoms with Gasteiger partial charge in [0.1, 0.15) is 11.6 Å². The molecule has 0 bridgehead atoms. The fraction of sp³-hybridized carbons (Fsp3) is 0.174. The van der Waals surface area contributed by atoms with Crippen LogP contribution in [0.2, 0.25) is 0 Å². The molecule has 0 aliphatic heterocycles. The van der Waals surface area contributed by atoms with Gasteiger partial charge in [-0.2, -0.15) is 5.10 Å². The van der Waals surface area contributed by atoms with Gasteiger partial charge in [-0.15, -0.1) is 13.2 Å². The van der Waals surface area contributed by atoms with Crippen LogP contribution in [0, 0.1) is 12.7 Å². The van der Waals surface area contributed by atoms with Crippen LogP contribution >= 0.6 is 0 Å². The van der Waals surface area contributed by atoms with E-state index in [9.17, 15) is 22.4 Å². The maximum absolute atomic E-state index is 13.7. The molecule has 0 aliphatic carbocycles. The summed E-state index contributed by atoms with van der Waals surface area (Å²) in [6, 6.07) is 4.18. The maximum atomic E-state index is 13.7. The molecule has 3 aromatic heterocycles. The summed E-state index contributed by atoms with van der Waals surface area (Å²) in [5.41, 5.74) is 2.03. The molecule has 0 N–H and O–H groups in total. The Hall–Kier alpha value is -4.15. The molecule has 0 saturated heterocycles. The molecule has 0 saturated carbocycles. The quantitative estimate of drug-likeness (QED) is 0.299. The van der Waals surface area contributed by atoms with E-state index in [2.05, 4.69) is 24.8 Å². The summed E-state index contributed by atoms with van der Waals surface area (Å²) < 4.78 is 58.3. The molecule has 0 radical (unpaired) electrons. The number of carbonyl (C=O) groups excluding carboxylic acids is 1. The lowest BCUT2D eigenvalue weighted by atomic mass is 10.0. The van der Waals surface area contributed by atoms with Crippen molar-refractivity contribution in [3.63, 3.8) is 0 Å². The fourth-order valence-electron chi connectivity index (χ4n) is 3.32. The van der Waals surface area contributed by atoms with E-state index in [4.69, 9.17) is 0 Å². The maximum Gasteiger partial charge on any atom is 0.573 e. The van der Waals surface area contributed by atoms with Gasteiger partial charge < -0.3 is 4.74 Å². The van der Waals surface area contributed by atoms with Gasteiger partial charge in [0.05, 0.1) is 36.4 Å². The van der Waals surface area contributed by atoms with Crippen LogP contribution in [0.5, 0.6) is 5.75 Å². The lowest BCUT2D eigenvalue weighted by Crippen LogP contribution is -2.17. The van der Waals surface area contributed by atoms with Crippen LogP contribution in [0.4, 0.5) is 17.6 Å². The number of benzene rings is 1. The molecule has 4 rings (SSSR count). The van der Waals surface area contributed by atoms with E-state index < -0.39 is 23.7 Å². The average molecular weight is 471 g/mol. The summed E-state index contributed by atoms with van der Waals surface area (Å²) >= 11 is 0. The van der Waals surface area contributed by atoms with E-state index >= 15 is 0 Å². The molecule has 4 aromatic rings. The minimum absolute atomic E-state index is 0.0641. The monoisotopic (exact) mass is 471 g/mol. The number of aryl methyl sites for hydroxylation is 1. The number of hydrogen-bond donors (Lipinski definition) is 0. The van der Waals surface area contributed by atoms with Crippen molar-refractivity contribution in [1.29, 1.82) is 0 Å². The third kappa shape index (κ3) is 5.08. The van der Waals surface area contributed by atoms with Crippen molar-refractivity contribution in [2.45, 2.75) is 19.7 Å². The van der Waals surface area contributed by atoms with Crippen molar-refractivity contribution in [1.82, 2.24) is 24.7 Å². The zero-order valence-corrected chi connectivity index (χ0v) is 18.0. The highest BCUT2D eigenvalue weighted by molar-refractivity contribution is 5.98. The van der Waals surface area contributed by atoms with Crippen molar-refractivity contribution < 1.29 is 27.1 Å². The number of nitrogens with zero attached hydrogens (tertiary/aromatic N) is 5. The molecular formula is C23H17F4N5O2. The van der Waals surface area contributed by atoms with Crippen LogP contribution < -0.4 is 4.74 Å². The molecule has 1 aromatic carbocycles. The van der Waals surface area contributed by atoms with Crippen molar-refractivity contribution >= 4 is 5.78 Å². The average Bonchev–Trinajstić information content (AvgIpc) is 3.22. The van der Waals surface area contributed by atoms with Gasteiger partial charge >= 0.3 is 6.36 Å². The van der Waals surface area contributed by atoms with E-state index in [0.29, 0.717) is 11.1 Å². The van der Waals surface area contributed by atoms with Crippen LogP contribution in [0.3, 0.4) is 0 Å². The highest BCUT2D eigenvalue weighted by Gasteiger charge is 2.32. The largest absolute Gasteiger partial charge is 0.573 e. The molecular weight excluding hydrogens is 454 g/mol. The highest BCUT2D eigenvalue weighted by Crippen LogP contribution is 2.36. The zero-order valence-electron chi connectivity index (χ0n) is 18.0. The lowest BCUT2D eigenvalue weighted by Gasteiger charge is -2.14. The van der Waals surface area contributed by atoms with Gasteiger partial charge in [-0.25, -0.2) is 4.39 Å². The second-order valence-electron chi connectivity index (χ2n) is 7.45. The summed E-state index contributed by atoms with van der Waals surface area (Å²) in [4.78, 5) is 24.6. The number of alkyl halides is 3. The number of ether oxygens (including phenoxy) is 1. The minimum Gasteiger partial charge on any atom is -0.405 e. The lowest BCUT2D eigenvalue weighted by molar-refractivity contribution is -0.274. The van der Waals surface area contributed by atoms with Gasteiger partial charge in [-0.3, -0.25) is 24.4 Å². The third-order valence-electron chi connectivity index (χ3n) is 5.02. The molecule has 0 amide bonds. The van der Waals surface area contributed by atoms with Crippen molar-refractivity contribution in [3.05, 3.63) is 78.0 Å². The molecule has 7 nitrogen and oxygen atoms in total. The van der Waals surface area contributed by atoms with Crippen LogP contribution in [-0.2, 0) is 13.5 Å². The summed E-state index contributed by atoms with van der Waals surface area (Å²) in [6.45, 7) is 1.47. The Balaban J connectivity index is 1.65. The van der Waals surface area contributed by atoms with Crippen LogP contribution in [0.25, 0.3) is 22.4 Å². The molecule has 0 fully saturated rings. The van der Waals surface area contributed by atoms with Crippen LogP contribution in [0.1, 0.15) is 21.6 Å². The topological polar surface area (TPSA) is 82.8 Å². The van der Waals surface area contributed by atoms with E-state index in [1.54, 1.807) is 24.1 Å². The number of rotatable bonds is 6. The standard InChI is InChI=1S/C23H17F4N5O2/c1-13-18(9-28-10-19(13)24)21(33)6-16-8-30-20(11-29-16)17-5-14(15-7-31-32(2)12-15)3-4-22(17)34-23(25,26)27/h3-5,7-12H,6H2,1-2H3. The van der Waals surface area contributed by atoms with Gasteiger partial charge in [0, 0.05) is 42.3 Å². The molecule has 34 heavy (non-hydrogen) atoms. The van der Waals surface area contributed by atoms with Crippen molar-refractivity contribution in [2.75, 3.05) is 0 Å². The first-order chi connectivity index (χ1) is 16.1. The number of pyridine rings is 1. The number of Topliss-reactive ketones (excluding diaryl/α,β-unsaturated/α-hetero) is 1. The van der Waals surface area contributed by atoms with Crippen molar-refractivity contribution in [2.24, 2.45) is 7.05 Å². The Kier molecular flexibility index (Phi) is 6.10. The number of halogens is 4. The Bertz CT molecular complexity index is 1350. The molecule has 0 atom stereocenters. The molecule has 174 valence electrons. The third-order valence-corrected chi connectivity index (χ3v) is 5.02. The Morgan fingerprint density at radius 2 is 1.85 bits per heavy atom. The molecule has 0 unspecified atom stereocenters. The van der Waals surface area contributed by atoms with Gasteiger partial charge in [-0.1, -0.05) is 6.07 Å². The SMILES string of the molecule is Cc1c(F)cncc1C(=O)Cc1cnc(-c2cc(-c3cnn(C)c3)ccc2OC(F)(F)F)cn1. The highest BCUT2D eigenvalue weighted by atomic mass is 19.4. The first-order valence-corrected chi connectivity index (χ1v) is 9.94. The second kappa shape index (κ2) is 9.00. The van der Waals surface area contributed by atoms with Gasteiger partial charge in [0.15, 0.2) is 5.78 Å². The predicted molar refractivity (Wildman–Crippen MR) is 113 cm³/mol. The van der Waals surface area contributed by atoms with Crippen LogP contribution in [-0.4, -0.2) is 36.9 Å². The molecule has 11 heteroatoms. The summed E-state index contributed by atoms with van der Waals surface area (Å²) in [5, 5.41) is 4.07. The predicted octanol–water partition coefficient (Wildman–Crippen LogP) is 4.71.